The zero-order valence-corrected chi connectivity index (χ0v) is 18.6. The van der Waals surface area contributed by atoms with Crippen LogP contribution in [0.15, 0.2) is 60.0 Å². The third-order valence-corrected chi connectivity index (χ3v) is 6.17. The van der Waals surface area contributed by atoms with Crippen LogP contribution in [0, 0.1) is 0 Å². The lowest BCUT2D eigenvalue weighted by Gasteiger charge is -2.23. The fourth-order valence-corrected chi connectivity index (χ4v) is 4.18. The molecule has 1 aromatic heterocycles. The fourth-order valence-electron chi connectivity index (χ4n) is 3.28. The maximum atomic E-state index is 12.5. The van der Waals surface area contributed by atoms with Crippen molar-refractivity contribution in [1.29, 1.82) is 0 Å². The Hall–Kier alpha value is -3.37. The third kappa shape index (κ3) is 5.27. The molecule has 3 aromatic rings. The monoisotopic (exact) mass is 452 g/mol. The van der Waals surface area contributed by atoms with Gasteiger partial charge in [0.1, 0.15) is 6.33 Å². The zero-order valence-electron chi connectivity index (χ0n) is 17.7. The van der Waals surface area contributed by atoms with Crippen LogP contribution in [0.5, 0.6) is 0 Å². The number of aromatic nitrogens is 3. The minimum Gasteiger partial charge on any atom is -0.362 e. The van der Waals surface area contributed by atoms with E-state index in [0.717, 1.165) is 16.3 Å². The number of nitrogens with zero attached hydrogens (tertiary/aromatic N) is 3. The summed E-state index contributed by atoms with van der Waals surface area (Å²) in [6, 6.07) is 14.4. The minimum atomic E-state index is -0.615. The smallest absolute Gasteiger partial charge is 0.323 e. The number of carbonyl (C=O) groups excluding carboxylic acids is 2. The van der Waals surface area contributed by atoms with Gasteiger partial charge in [-0.25, -0.2) is 4.79 Å². The minimum absolute atomic E-state index is 0.134. The van der Waals surface area contributed by atoms with Gasteiger partial charge in [0.05, 0.1) is 6.61 Å². The van der Waals surface area contributed by atoms with Crippen molar-refractivity contribution in [2.75, 3.05) is 23.8 Å². The summed E-state index contributed by atoms with van der Waals surface area (Å²) in [5.74, 6) is -0.152. The normalized spacial score (nSPS) is 16.8. The molecule has 1 saturated heterocycles. The van der Waals surface area contributed by atoms with Gasteiger partial charge in [0.15, 0.2) is 11.3 Å². The van der Waals surface area contributed by atoms with Gasteiger partial charge in [0, 0.05) is 30.2 Å². The Bertz CT molecular complexity index is 1100. The van der Waals surface area contributed by atoms with E-state index in [2.05, 4.69) is 33.1 Å². The molecule has 0 saturated carbocycles. The van der Waals surface area contributed by atoms with Crippen LogP contribution in [0.3, 0.4) is 0 Å². The number of ether oxygens (including phenoxy) is 1. The van der Waals surface area contributed by atoms with Gasteiger partial charge >= 0.3 is 6.03 Å². The summed E-state index contributed by atoms with van der Waals surface area (Å²) in [7, 11) is 1.90. The van der Waals surface area contributed by atoms with Crippen LogP contribution in [-0.2, 0) is 16.6 Å². The van der Waals surface area contributed by atoms with E-state index in [0.29, 0.717) is 24.5 Å². The molecule has 0 spiro atoms. The summed E-state index contributed by atoms with van der Waals surface area (Å²) in [6.07, 6.45) is 1.05. The standard InChI is InChI=1S/C22H24N6O3S/c1-14(32-22-27-24-13-28(22)2)16-4-3-5-18(12-16)26-21(30)25-17-8-6-15(7-9-17)19-20(29)23-10-11-31-19/h3-9,12-14,19H,10-11H2,1-2H3,(H,23,29)(H2,25,26,30)/t14?,19-/m0/s1. The van der Waals surface area contributed by atoms with Gasteiger partial charge in [-0.15, -0.1) is 10.2 Å². The molecule has 4 rings (SSSR count). The third-order valence-electron chi connectivity index (χ3n) is 4.96. The number of anilines is 2. The molecule has 3 N–H and O–H groups in total. The molecule has 3 amide bonds. The van der Waals surface area contributed by atoms with Crippen LogP contribution in [0.25, 0.3) is 0 Å². The Balaban J connectivity index is 1.35. The molecule has 1 aliphatic rings. The van der Waals surface area contributed by atoms with E-state index in [1.54, 1.807) is 42.4 Å². The van der Waals surface area contributed by atoms with Crippen LogP contribution in [-0.4, -0.2) is 39.9 Å². The van der Waals surface area contributed by atoms with Gasteiger partial charge in [-0.3, -0.25) is 4.79 Å². The maximum absolute atomic E-state index is 12.5. The Morgan fingerprint density at radius 2 is 2.00 bits per heavy atom. The van der Waals surface area contributed by atoms with Crippen molar-refractivity contribution in [3.05, 3.63) is 66.0 Å². The first-order valence-electron chi connectivity index (χ1n) is 10.2. The molecule has 9 nitrogen and oxygen atoms in total. The predicted molar refractivity (Wildman–Crippen MR) is 123 cm³/mol. The largest absolute Gasteiger partial charge is 0.362 e. The summed E-state index contributed by atoms with van der Waals surface area (Å²) in [4.78, 5) is 24.4. The van der Waals surface area contributed by atoms with E-state index in [9.17, 15) is 9.59 Å². The molecule has 2 aromatic carbocycles. The number of nitrogens with one attached hydrogen (secondary N) is 3. The van der Waals surface area contributed by atoms with Crippen molar-refractivity contribution in [3.8, 4) is 0 Å². The molecule has 0 bridgehead atoms. The summed E-state index contributed by atoms with van der Waals surface area (Å²) in [5.41, 5.74) is 3.11. The molecule has 1 aliphatic heterocycles. The van der Waals surface area contributed by atoms with Crippen molar-refractivity contribution in [2.24, 2.45) is 7.05 Å². The van der Waals surface area contributed by atoms with E-state index in [1.165, 1.54) is 0 Å². The average molecular weight is 453 g/mol. The number of hydrogen-bond acceptors (Lipinski definition) is 6. The molecule has 1 fully saturated rings. The van der Waals surface area contributed by atoms with Crippen molar-refractivity contribution in [2.45, 2.75) is 23.4 Å². The Labute approximate surface area is 189 Å². The highest BCUT2D eigenvalue weighted by atomic mass is 32.2. The van der Waals surface area contributed by atoms with Crippen LogP contribution in [0.1, 0.15) is 29.4 Å². The first-order valence-corrected chi connectivity index (χ1v) is 11.1. The summed E-state index contributed by atoms with van der Waals surface area (Å²) in [6.45, 7) is 3.08. The molecule has 2 atom stereocenters. The van der Waals surface area contributed by atoms with Crippen molar-refractivity contribution in [3.63, 3.8) is 0 Å². The molecular weight excluding hydrogens is 428 g/mol. The number of rotatable bonds is 6. The van der Waals surface area contributed by atoms with Gasteiger partial charge in [-0.05, 0) is 42.3 Å². The number of carbonyl (C=O) groups is 2. The average Bonchev–Trinajstić information content (AvgIpc) is 3.19. The van der Waals surface area contributed by atoms with E-state index >= 15 is 0 Å². The topological polar surface area (TPSA) is 110 Å². The molecule has 0 aliphatic carbocycles. The second kappa shape index (κ2) is 9.84. The van der Waals surface area contributed by atoms with Gasteiger partial charge in [-0.1, -0.05) is 36.0 Å². The number of aryl methyl sites for hydroxylation is 1. The van der Waals surface area contributed by atoms with Crippen LogP contribution < -0.4 is 16.0 Å². The molecular formula is C22H24N6O3S. The SMILES string of the molecule is CC(Sc1nncn1C)c1cccc(NC(=O)Nc2ccc([C@@H]3OCCNC3=O)cc2)c1. The van der Waals surface area contributed by atoms with Gasteiger partial charge in [0.2, 0.25) is 0 Å². The number of morpholine rings is 1. The summed E-state index contributed by atoms with van der Waals surface area (Å²) in [5, 5.41) is 17.4. The lowest BCUT2D eigenvalue weighted by Crippen LogP contribution is -2.39. The number of thioether (sulfide) groups is 1. The maximum Gasteiger partial charge on any atom is 0.323 e. The number of amides is 3. The van der Waals surface area contributed by atoms with Crippen LogP contribution in [0.2, 0.25) is 0 Å². The van der Waals surface area contributed by atoms with Gasteiger partial charge < -0.3 is 25.3 Å². The highest BCUT2D eigenvalue weighted by Crippen LogP contribution is 2.34. The quantitative estimate of drug-likeness (QED) is 0.494. The lowest BCUT2D eigenvalue weighted by molar-refractivity contribution is -0.138. The summed E-state index contributed by atoms with van der Waals surface area (Å²) < 4.78 is 7.39. The Kier molecular flexibility index (Phi) is 6.72. The predicted octanol–water partition coefficient (Wildman–Crippen LogP) is 3.50. The molecule has 2 heterocycles. The van der Waals surface area contributed by atoms with Gasteiger partial charge in [-0.2, -0.15) is 0 Å². The van der Waals surface area contributed by atoms with Crippen molar-refractivity contribution in [1.82, 2.24) is 20.1 Å². The van der Waals surface area contributed by atoms with E-state index in [1.807, 2.05) is 35.9 Å². The Morgan fingerprint density at radius 1 is 1.22 bits per heavy atom. The number of benzene rings is 2. The first-order chi connectivity index (χ1) is 15.5. The number of hydrogen-bond donors (Lipinski definition) is 3. The molecule has 10 heteroatoms. The zero-order chi connectivity index (χ0) is 22.5. The van der Waals surface area contributed by atoms with Gasteiger partial charge in [0.25, 0.3) is 5.91 Å². The molecule has 166 valence electrons. The van der Waals surface area contributed by atoms with E-state index in [-0.39, 0.29) is 17.2 Å². The van der Waals surface area contributed by atoms with E-state index in [4.69, 9.17) is 4.74 Å². The van der Waals surface area contributed by atoms with Crippen LogP contribution >= 0.6 is 11.8 Å². The second-order valence-corrected chi connectivity index (χ2v) is 8.66. The number of urea groups is 1. The van der Waals surface area contributed by atoms with Crippen LogP contribution in [0.4, 0.5) is 16.2 Å². The fraction of sp³-hybridized carbons (Fsp3) is 0.273. The van der Waals surface area contributed by atoms with Crippen molar-refractivity contribution >= 4 is 35.1 Å². The van der Waals surface area contributed by atoms with E-state index < -0.39 is 6.10 Å². The lowest BCUT2D eigenvalue weighted by atomic mass is 10.1. The molecule has 1 unspecified atom stereocenters. The Morgan fingerprint density at radius 3 is 2.72 bits per heavy atom. The molecule has 32 heavy (non-hydrogen) atoms. The first kappa shape index (κ1) is 21.8. The molecule has 0 radical (unpaired) electrons. The highest BCUT2D eigenvalue weighted by Gasteiger charge is 2.24. The highest BCUT2D eigenvalue weighted by molar-refractivity contribution is 7.99. The van der Waals surface area contributed by atoms with Crippen molar-refractivity contribution < 1.29 is 14.3 Å². The second-order valence-electron chi connectivity index (χ2n) is 7.35. The summed E-state index contributed by atoms with van der Waals surface area (Å²) >= 11 is 1.60.